The van der Waals surface area contributed by atoms with Crippen LogP contribution in [0.3, 0.4) is 0 Å². The van der Waals surface area contributed by atoms with Crippen molar-refractivity contribution in [3.8, 4) is 0 Å². The molecule has 15 heavy (non-hydrogen) atoms. The monoisotopic (exact) mass is 219 g/mol. The molecule has 0 aliphatic carbocycles. The molecule has 0 radical (unpaired) electrons. The van der Waals surface area contributed by atoms with Crippen molar-refractivity contribution in [1.82, 2.24) is 15.0 Å². The van der Waals surface area contributed by atoms with Gasteiger partial charge in [0, 0.05) is 23.3 Å². The molecule has 0 aliphatic rings. The van der Waals surface area contributed by atoms with Crippen molar-refractivity contribution in [2.45, 2.75) is 6.61 Å². The van der Waals surface area contributed by atoms with Gasteiger partial charge >= 0.3 is 0 Å². The fraction of sp³-hybridized carbons (Fsp3) is 0.100. The third-order valence-electron chi connectivity index (χ3n) is 1.73. The maximum absolute atomic E-state index is 8.84. The van der Waals surface area contributed by atoms with E-state index in [1.165, 1.54) is 17.7 Å². The molecule has 0 atom stereocenters. The summed E-state index contributed by atoms with van der Waals surface area (Å²) >= 11 is 1.49. The van der Waals surface area contributed by atoms with E-state index in [1.807, 2.05) is 17.5 Å². The summed E-state index contributed by atoms with van der Waals surface area (Å²) in [5, 5.41) is 11.5. The van der Waals surface area contributed by atoms with E-state index in [4.69, 9.17) is 5.11 Å². The van der Waals surface area contributed by atoms with Crippen LogP contribution in [0.25, 0.3) is 12.2 Å². The molecule has 0 amide bonds. The van der Waals surface area contributed by atoms with Gasteiger partial charge in [-0.25, -0.2) is 15.0 Å². The summed E-state index contributed by atoms with van der Waals surface area (Å²) in [6.07, 6.45) is 8.71. The Hall–Kier alpha value is -1.59. The van der Waals surface area contributed by atoms with Gasteiger partial charge < -0.3 is 5.11 Å². The number of aromatic nitrogens is 3. The van der Waals surface area contributed by atoms with Gasteiger partial charge in [-0.15, -0.1) is 11.3 Å². The number of rotatable bonds is 3. The molecule has 0 unspecified atom stereocenters. The van der Waals surface area contributed by atoms with Gasteiger partial charge in [0.1, 0.15) is 11.3 Å². The van der Waals surface area contributed by atoms with Crippen LogP contribution < -0.4 is 0 Å². The Labute approximate surface area is 91.0 Å². The average molecular weight is 219 g/mol. The summed E-state index contributed by atoms with van der Waals surface area (Å²) in [6, 6.07) is 0. The molecule has 2 aromatic heterocycles. The van der Waals surface area contributed by atoms with Crippen LogP contribution in [-0.4, -0.2) is 20.1 Å². The van der Waals surface area contributed by atoms with E-state index < -0.39 is 0 Å². The van der Waals surface area contributed by atoms with Crippen molar-refractivity contribution < 1.29 is 5.11 Å². The second-order valence-electron chi connectivity index (χ2n) is 2.84. The predicted molar refractivity (Wildman–Crippen MR) is 59.0 cm³/mol. The summed E-state index contributed by atoms with van der Waals surface area (Å²) in [4.78, 5) is 12.0. The van der Waals surface area contributed by atoms with E-state index in [0.29, 0.717) is 5.69 Å². The predicted octanol–water partition coefficient (Wildman–Crippen LogP) is 1.60. The minimum absolute atomic E-state index is 0.0151. The normalized spacial score (nSPS) is 11.0. The van der Waals surface area contributed by atoms with Crippen LogP contribution in [0, 0.1) is 0 Å². The summed E-state index contributed by atoms with van der Waals surface area (Å²) in [6.45, 7) is -0.0151. The first-order valence-electron chi connectivity index (χ1n) is 4.37. The first-order chi connectivity index (χ1) is 7.38. The quantitative estimate of drug-likeness (QED) is 0.851. The van der Waals surface area contributed by atoms with Crippen LogP contribution in [0.15, 0.2) is 24.1 Å². The molecule has 2 aromatic rings. The Kier molecular flexibility index (Phi) is 3.16. The second kappa shape index (κ2) is 4.77. The number of thiazole rings is 1. The van der Waals surface area contributed by atoms with Crippen molar-refractivity contribution in [1.29, 1.82) is 0 Å². The molecule has 0 aliphatic heterocycles. The van der Waals surface area contributed by atoms with Crippen LogP contribution in [0.1, 0.15) is 16.3 Å². The average Bonchev–Trinajstić information content (AvgIpc) is 2.76. The molecule has 0 saturated carbocycles. The maximum Gasteiger partial charge on any atom is 0.116 e. The largest absolute Gasteiger partial charge is 0.390 e. The van der Waals surface area contributed by atoms with Crippen LogP contribution >= 0.6 is 11.3 Å². The lowest BCUT2D eigenvalue weighted by Gasteiger charge is -1.88. The molecule has 0 fully saturated rings. The Bertz CT molecular complexity index is 453. The maximum atomic E-state index is 8.84. The van der Waals surface area contributed by atoms with Gasteiger partial charge in [-0.2, -0.15) is 0 Å². The molecule has 2 heterocycles. The highest BCUT2D eigenvalue weighted by Crippen LogP contribution is 2.12. The highest BCUT2D eigenvalue weighted by atomic mass is 32.1. The van der Waals surface area contributed by atoms with Gasteiger partial charge in [0.25, 0.3) is 0 Å². The number of aliphatic hydroxyl groups excluding tert-OH is 1. The van der Waals surface area contributed by atoms with Crippen molar-refractivity contribution >= 4 is 23.5 Å². The van der Waals surface area contributed by atoms with E-state index in [-0.39, 0.29) is 6.61 Å². The number of hydrogen-bond donors (Lipinski definition) is 1. The molecule has 0 aromatic carbocycles. The third kappa shape index (κ3) is 2.68. The van der Waals surface area contributed by atoms with Gasteiger partial charge in [-0.1, -0.05) is 0 Å². The van der Waals surface area contributed by atoms with Crippen LogP contribution in [-0.2, 0) is 6.61 Å². The number of aliphatic hydroxyl groups is 1. The first-order valence-corrected chi connectivity index (χ1v) is 5.25. The summed E-state index contributed by atoms with van der Waals surface area (Å²) in [5.41, 5.74) is 1.63. The van der Waals surface area contributed by atoms with Crippen molar-refractivity contribution in [2.75, 3.05) is 0 Å². The molecular formula is C10H9N3OS. The Morgan fingerprint density at radius 3 is 2.73 bits per heavy atom. The fourth-order valence-corrected chi connectivity index (χ4v) is 1.74. The highest BCUT2D eigenvalue weighted by Gasteiger charge is 1.96. The molecule has 0 saturated heterocycles. The minimum atomic E-state index is -0.0151. The smallest absolute Gasteiger partial charge is 0.116 e. The van der Waals surface area contributed by atoms with Gasteiger partial charge in [0.05, 0.1) is 12.3 Å². The van der Waals surface area contributed by atoms with E-state index in [9.17, 15) is 0 Å². The first kappa shape index (κ1) is 9.95. The number of nitrogens with zero attached hydrogens (tertiary/aromatic N) is 3. The lowest BCUT2D eigenvalue weighted by Crippen LogP contribution is -1.81. The van der Waals surface area contributed by atoms with Gasteiger partial charge in [-0.3, -0.25) is 0 Å². The third-order valence-corrected chi connectivity index (χ3v) is 2.59. The van der Waals surface area contributed by atoms with Crippen molar-refractivity contribution in [3.05, 3.63) is 40.4 Å². The topological polar surface area (TPSA) is 58.9 Å². The zero-order valence-electron chi connectivity index (χ0n) is 7.87. The van der Waals surface area contributed by atoms with E-state index >= 15 is 0 Å². The SMILES string of the molecule is OCc1csc(C=Cc2cncnc2)n1. The van der Waals surface area contributed by atoms with Crippen LogP contribution in [0.5, 0.6) is 0 Å². The van der Waals surface area contributed by atoms with E-state index in [1.54, 1.807) is 12.4 Å². The van der Waals surface area contributed by atoms with Gasteiger partial charge in [0.15, 0.2) is 0 Å². The minimum Gasteiger partial charge on any atom is -0.390 e. The molecule has 76 valence electrons. The molecule has 0 spiro atoms. The lowest BCUT2D eigenvalue weighted by molar-refractivity contribution is 0.277. The highest BCUT2D eigenvalue weighted by molar-refractivity contribution is 7.10. The molecule has 0 bridgehead atoms. The molecule has 2 rings (SSSR count). The standard InChI is InChI=1S/C10H9N3OS/c14-5-9-6-15-10(13-9)2-1-8-3-11-7-12-4-8/h1-4,6-7,14H,5H2. The van der Waals surface area contributed by atoms with Crippen LogP contribution in [0.4, 0.5) is 0 Å². The van der Waals surface area contributed by atoms with Crippen molar-refractivity contribution in [2.24, 2.45) is 0 Å². The molecular weight excluding hydrogens is 210 g/mol. The van der Waals surface area contributed by atoms with Gasteiger partial charge in [-0.05, 0) is 12.2 Å². The fourth-order valence-electron chi connectivity index (χ4n) is 1.04. The van der Waals surface area contributed by atoms with E-state index in [2.05, 4.69) is 15.0 Å². The molecule has 1 N–H and O–H groups in total. The zero-order valence-corrected chi connectivity index (χ0v) is 8.68. The zero-order chi connectivity index (χ0) is 10.5. The summed E-state index contributed by atoms with van der Waals surface area (Å²) in [5.74, 6) is 0. The van der Waals surface area contributed by atoms with Crippen LogP contribution in [0.2, 0.25) is 0 Å². The Morgan fingerprint density at radius 2 is 2.07 bits per heavy atom. The lowest BCUT2D eigenvalue weighted by atomic mass is 10.3. The molecule has 5 heteroatoms. The Balaban J connectivity index is 2.11. The van der Waals surface area contributed by atoms with Gasteiger partial charge in [0.2, 0.25) is 0 Å². The number of hydrogen-bond acceptors (Lipinski definition) is 5. The van der Waals surface area contributed by atoms with Crippen molar-refractivity contribution in [3.63, 3.8) is 0 Å². The van der Waals surface area contributed by atoms with E-state index in [0.717, 1.165) is 10.6 Å². The Morgan fingerprint density at radius 1 is 1.27 bits per heavy atom. The summed E-state index contributed by atoms with van der Waals surface area (Å²) < 4.78 is 0. The molecule has 4 nitrogen and oxygen atoms in total. The summed E-state index contributed by atoms with van der Waals surface area (Å²) in [7, 11) is 0. The second-order valence-corrected chi connectivity index (χ2v) is 3.73.